The molecule has 5 heteroatoms. The van der Waals surface area contributed by atoms with Gasteiger partial charge in [0.15, 0.2) is 0 Å². The molecule has 0 aliphatic rings. The fourth-order valence-electron chi connectivity index (χ4n) is 1.83. The maximum atomic E-state index is 11.6. The predicted molar refractivity (Wildman–Crippen MR) is 67.4 cm³/mol. The molecule has 0 aliphatic carbocycles. The van der Waals surface area contributed by atoms with Crippen LogP contribution >= 0.6 is 0 Å². The normalized spacial score (nSPS) is 12.8. The van der Waals surface area contributed by atoms with Crippen molar-refractivity contribution in [2.75, 3.05) is 0 Å². The Kier molecular flexibility index (Phi) is 3.55. The third kappa shape index (κ3) is 3.44. The molecule has 0 saturated carbocycles. The van der Waals surface area contributed by atoms with E-state index in [-0.39, 0.29) is 16.1 Å². The van der Waals surface area contributed by atoms with Crippen LogP contribution in [0.2, 0.25) is 0 Å². The number of sulfonamides is 1. The molecule has 0 aromatic heterocycles. The molecular formula is C12H19NO3S. The zero-order valence-electron chi connectivity index (χ0n) is 10.6. The molecule has 0 aliphatic heterocycles. The highest BCUT2D eigenvalue weighted by Gasteiger charge is 2.24. The van der Waals surface area contributed by atoms with Gasteiger partial charge in [-0.25, -0.2) is 13.6 Å². The number of phenolic OH excluding ortho intramolecular Hbond substituents is 1. The van der Waals surface area contributed by atoms with Gasteiger partial charge in [-0.05, 0) is 30.4 Å². The van der Waals surface area contributed by atoms with E-state index in [0.29, 0.717) is 17.5 Å². The molecule has 0 unspecified atom stereocenters. The Morgan fingerprint density at radius 3 is 2.24 bits per heavy atom. The molecule has 1 aromatic rings. The average molecular weight is 257 g/mol. The Hall–Kier alpha value is -1.07. The van der Waals surface area contributed by atoms with Crippen molar-refractivity contribution in [3.8, 4) is 5.75 Å². The Bertz CT molecular complexity index is 527. The lowest BCUT2D eigenvalue weighted by atomic mass is 9.87. The van der Waals surface area contributed by atoms with E-state index in [1.54, 1.807) is 13.0 Å². The van der Waals surface area contributed by atoms with E-state index in [9.17, 15) is 13.5 Å². The Balaban J connectivity index is 3.52. The molecule has 96 valence electrons. The fraction of sp³-hybridized carbons (Fsp3) is 0.500. The zero-order valence-corrected chi connectivity index (χ0v) is 11.4. The minimum absolute atomic E-state index is 0.0189. The number of rotatable bonds is 2. The van der Waals surface area contributed by atoms with Crippen molar-refractivity contribution in [3.63, 3.8) is 0 Å². The summed E-state index contributed by atoms with van der Waals surface area (Å²) in [7, 11) is -3.82. The second-order valence-corrected chi connectivity index (χ2v) is 6.99. The van der Waals surface area contributed by atoms with Gasteiger partial charge in [-0.2, -0.15) is 0 Å². The van der Waals surface area contributed by atoms with Gasteiger partial charge in [0.05, 0.1) is 4.90 Å². The topological polar surface area (TPSA) is 80.4 Å². The van der Waals surface area contributed by atoms with Gasteiger partial charge in [0.2, 0.25) is 10.0 Å². The van der Waals surface area contributed by atoms with Crippen LogP contribution in [0.4, 0.5) is 0 Å². The largest absolute Gasteiger partial charge is 0.508 e. The summed E-state index contributed by atoms with van der Waals surface area (Å²) in [6, 6.07) is 3.06. The van der Waals surface area contributed by atoms with Crippen molar-refractivity contribution in [1.29, 1.82) is 0 Å². The maximum Gasteiger partial charge on any atom is 0.238 e. The smallest absolute Gasteiger partial charge is 0.238 e. The second kappa shape index (κ2) is 4.31. The highest BCUT2D eigenvalue weighted by atomic mass is 32.2. The van der Waals surface area contributed by atoms with E-state index in [1.165, 1.54) is 6.07 Å². The van der Waals surface area contributed by atoms with Gasteiger partial charge >= 0.3 is 0 Å². The molecular weight excluding hydrogens is 238 g/mol. The molecule has 1 rings (SSSR count). The molecule has 0 heterocycles. The van der Waals surface area contributed by atoms with E-state index in [2.05, 4.69) is 0 Å². The van der Waals surface area contributed by atoms with Crippen molar-refractivity contribution < 1.29 is 13.5 Å². The first kappa shape index (κ1) is 14.0. The van der Waals surface area contributed by atoms with Crippen LogP contribution in [0, 0.1) is 12.3 Å². The molecule has 0 atom stereocenters. The number of nitrogens with two attached hydrogens (primary N) is 1. The van der Waals surface area contributed by atoms with Gasteiger partial charge in [-0.3, -0.25) is 0 Å². The van der Waals surface area contributed by atoms with E-state index in [0.717, 1.165) is 0 Å². The lowest BCUT2D eigenvalue weighted by molar-refractivity contribution is 0.390. The van der Waals surface area contributed by atoms with Gasteiger partial charge in [0.1, 0.15) is 5.75 Å². The summed E-state index contributed by atoms with van der Waals surface area (Å²) in [5.41, 5.74) is 0.828. The van der Waals surface area contributed by atoms with E-state index < -0.39 is 10.0 Å². The Labute approximate surface area is 103 Å². The molecule has 0 amide bonds. The SMILES string of the molecule is Cc1ccc(O)c(CC(C)(C)C)c1S(N)(=O)=O. The molecule has 4 nitrogen and oxygen atoms in total. The molecule has 1 aromatic carbocycles. The molecule has 0 bridgehead atoms. The molecule has 17 heavy (non-hydrogen) atoms. The number of hydrogen-bond donors (Lipinski definition) is 2. The van der Waals surface area contributed by atoms with Crippen molar-refractivity contribution in [3.05, 3.63) is 23.3 Å². The third-order valence-corrected chi connectivity index (χ3v) is 3.56. The summed E-state index contributed by atoms with van der Waals surface area (Å²) in [5, 5.41) is 15.0. The van der Waals surface area contributed by atoms with Crippen molar-refractivity contribution >= 4 is 10.0 Å². The Morgan fingerprint density at radius 1 is 1.29 bits per heavy atom. The van der Waals surface area contributed by atoms with E-state index >= 15 is 0 Å². The van der Waals surface area contributed by atoms with Crippen LogP contribution in [0.5, 0.6) is 5.75 Å². The summed E-state index contributed by atoms with van der Waals surface area (Å²) < 4.78 is 23.2. The van der Waals surface area contributed by atoms with Gasteiger partial charge < -0.3 is 5.11 Å². The standard InChI is InChI=1S/C12H19NO3S/c1-8-5-6-10(14)9(7-12(2,3)4)11(8)17(13,15)16/h5-6,14H,7H2,1-4H3,(H2,13,15,16). The first-order valence-electron chi connectivity index (χ1n) is 5.36. The van der Waals surface area contributed by atoms with E-state index in [1.807, 2.05) is 20.8 Å². The van der Waals surface area contributed by atoms with Crippen molar-refractivity contribution in [1.82, 2.24) is 0 Å². The number of phenols is 1. The molecule has 0 fully saturated rings. The predicted octanol–water partition coefficient (Wildman–Crippen LogP) is 1.94. The molecule has 0 spiro atoms. The molecule has 0 saturated heterocycles. The number of hydrogen-bond acceptors (Lipinski definition) is 3. The quantitative estimate of drug-likeness (QED) is 0.849. The van der Waals surface area contributed by atoms with Crippen LogP contribution in [0.15, 0.2) is 17.0 Å². The van der Waals surface area contributed by atoms with Gasteiger partial charge in [0, 0.05) is 5.56 Å². The van der Waals surface area contributed by atoms with Crippen LogP contribution in [0.1, 0.15) is 31.9 Å². The summed E-state index contributed by atoms with van der Waals surface area (Å²) in [5.74, 6) is -0.0189. The fourth-order valence-corrected chi connectivity index (χ4v) is 2.87. The van der Waals surface area contributed by atoms with Crippen LogP contribution in [0.3, 0.4) is 0 Å². The lowest BCUT2D eigenvalue weighted by Crippen LogP contribution is -2.19. The first-order chi connectivity index (χ1) is 7.52. The summed E-state index contributed by atoms with van der Waals surface area (Å²) in [4.78, 5) is 0.0485. The number of aromatic hydroxyl groups is 1. The van der Waals surface area contributed by atoms with Crippen LogP contribution in [-0.4, -0.2) is 13.5 Å². The van der Waals surface area contributed by atoms with Gasteiger partial charge in [-0.15, -0.1) is 0 Å². The monoisotopic (exact) mass is 257 g/mol. The van der Waals surface area contributed by atoms with Crippen molar-refractivity contribution in [2.24, 2.45) is 10.6 Å². The lowest BCUT2D eigenvalue weighted by Gasteiger charge is -2.21. The number of primary sulfonamides is 1. The van der Waals surface area contributed by atoms with Crippen LogP contribution < -0.4 is 5.14 Å². The minimum Gasteiger partial charge on any atom is -0.508 e. The highest BCUT2D eigenvalue weighted by Crippen LogP contribution is 2.33. The summed E-state index contributed by atoms with van der Waals surface area (Å²) in [6.07, 6.45) is 0.451. The van der Waals surface area contributed by atoms with Crippen LogP contribution in [-0.2, 0) is 16.4 Å². The van der Waals surface area contributed by atoms with Gasteiger partial charge in [0.25, 0.3) is 0 Å². The average Bonchev–Trinajstić information content (AvgIpc) is 2.06. The highest BCUT2D eigenvalue weighted by molar-refractivity contribution is 7.89. The summed E-state index contributed by atoms with van der Waals surface area (Å²) in [6.45, 7) is 7.59. The Morgan fingerprint density at radius 2 is 1.82 bits per heavy atom. The maximum absolute atomic E-state index is 11.6. The van der Waals surface area contributed by atoms with E-state index in [4.69, 9.17) is 5.14 Å². The first-order valence-corrected chi connectivity index (χ1v) is 6.91. The van der Waals surface area contributed by atoms with Crippen LogP contribution in [0.25, 0.3) is 0 Å². The summed E-state index contributed by atoms with van der Waals surface area (Å²) >= 11 is 0. The molecule has 3 N–H and O–H groups in total. The second-order valence-electron chi connectivity index (χ2n) is 5.49. The number of benzene rings is 1. The zero-order chi connectivity index (χ0) is 13.4. The molecule has 0 radical (unpaired) electrons. The van der Waals surface area contributed by atoms with Gasteiger partial charge in [-0.1, -0.05) is 26.8 Å². The number of aryl methyl sites for hydroxylation is 1. The minimum atomic E-state index is -3.82. The van der Waals surface area contributed by atoms with Crippen molar-refractivity contribution in [2.45, 2.75) is 39.0 Å². The third-order valence-electron chi connectivity index (χ3n) is 2.42.